The van der Waals surface area contributed by atoms with Gasteiger partial charge >= 0.3 is 0 Å². The summed E-state index contributed by atoms with van der Waals surface area (Å²) in [5.74, 6) is -0.829. The van der Waals surface area contributed by atoms with Gasteiger partial charge in [-0.05, 0) is 36.4 Å². The number of hydrogen-bond acceptors (Lipinski definition) is 6. The van der Waals surface area contributed by atoms with E-state index in [9.17, 15) is 13.6 Å². The maximum Gasteiger partial charge on any atom is 0.300 e. The van der Waals surface area contributed by atoms with Gasteiger partial charge in [0, 0.05) is 17.0 Å². The monoisotopic (exact) mass is 381 g/mol. The zero-order chi connectivity index (χ0) is 19.0. The van der Waals surface area contributed by atoms with Gasteiger partial charge in [-0.25, -0.2) is 13.8 Å². The lowest BCUT2D eigenvalue weighted by Crippen LogP contribution is -2.18. The van der Waals surface area contributed by atoms with Crippen LogP contribution in [0.25, 0.3) is 27.8 Å². The van der Waals surface area contributed by atoms with E-state index in [1.807, 2.05) is 6.07 Å². The lowest BCUT2D eigenvalue weighted by molar-refractivity contribution is 0.627. The first kappa shape index (κ1) is 17.1. The van der Waals surface area contributed by atoms with Crippen molar-refractivity contribution in [3.05, 3.63) is 64.5 Å². The van der Waals surface area contributed by atoms with E-state index in [0.29, 0.717) is 21.6 Å². The van der Waals surface area contributed by atoms with Crippen LogP contribution in [0.15, 0.2) is 52.4 Å². The van der Waals surface area contributed by atoms with Crippen LogP contribution in [0.4, 0.5) is 8.78 Å². The molecule has 2 heterocycles. The molecule has 0 saturated carbocycles. The molecule has 0 spiro atoms. The van der Waals surface area contributed by atoms with Crippen LogP contribution in [0.1, 0.15) is 0 Å². The summed E-state index contributed by atoms with van der Waals surface area (Å²) < 4.78 is 28.1. The molecule has 0 unspecified atom stereocenters. The minimum Gasteiger partial charge on any atom is -0.265 e. The summed E-state index contributed by atoms with van der Waals surface area (Å²) in [6, 6.07) is 11.2. The van der Waals surface area contributed by atoms with Gasteiger partial charge in [0.1, 0.15) is 11.6 Å². The summed E-state index contributed by atoms with van der Waals surface area (Å²) in [5, 5.41) is 13.9. The highest BCUT2D eigenvalue weighted by Crippen LogP contribution is 2.24. The number of rotatable bonds is 3. The second-order valence-electron chi connectivity index (χ2n) is 5.51. The molecule has 0 bridgehead atoms. The molecule has 6 nitrogen and oxygen atoms in total. The third kappa shape index (κ3) is 3.11. The highest BCUT2D eigenvalue weighted by Gasteiger charge is 2.15. The Hall–Kier alpha value is -3.38. The summed E-state index contributed by atoms with van der Waals surface area (Å²) in [7, 11) is 0. The third-order valence-electron chi connectivity index (χ3n) is 3.79. The number of nitrogens with zero attached hydrogens (tertiary/aromatic N) is 5. The van der Waals surface area contributed by atoms with Crippen LogP contribution in [0.3, 0.4) is 0 Å². The highest BCUT2D eigenvalue weighted by molar-refractivity contribution is 7.99. The molecule has 132 valence electrons. The Kier molecular flexibility index (Phi) is 4.25. The zero-order valence-corrected chi connectivity index (χ0v) is 14.4. The summed E-state index contributed by atoms with van der Waals surface area (Å²) in [6.07, 6.45) is 0. The molecule has 0 N–H and O–H groups in total. The van der Waals surface area contributed by atoms with Crippen LogP contribution in [-0.2, 0) is 0 Å². The number of fused-ring (bicyclic) bond motifs is 3. The van der Waals surface area contributed by atoms with E-state index in [-0.39, 0.29) is 17.1 Å². The first-order valence-electron chi connectivity index (χ1n) is 7.73. The van der Waals surface area contributed by atoms with Crippen LogP contribution < -0.4 is 5.56 Å². The van der Waals surface area contributed by atoms with Crippen LogP contribution in [-0.4, -0.2) is 25.3 Å². The van der Waals surface area contributed by atoms with Gasteiger partial charge in [-0.15, -0.1) is 0 Å². The van der Waals surface area contributed by atoms with Gasteiger partial charge in [-0.3, -0.25) is 4.79 Å². The Morgan fingerprint density at radius 2 is 1.81 bits per heavy atom. The van der Waals surface area contributed by atoms with Gasteiger partial charge in [-0.2, -0.15) is 19.9 Å². The van der Waals surface area contributed by atoms with E-state index in [1.54, 1.807) is 0 Å². The van der Waals surface area contributed by atoms with Crippen LogP contribution in [0, 0.1) is 23.0 Å². The molecule has 2 aromatic heterocycles. The number of thioether (sulfide) groups is 1. The summed E-state index contributed by atoms with van der Waals surface area (Å²) in [4.78, 5) is 21.0. The minimum absolute atomic E-state index is 0.0227. The van der Waals surface area contributed by atoms with Gasteiger partial charge in [0.25, 0.3) is 5.56 Å². The fourth-order valence-electron chi connectivity index (χ4n) is 2.61. The summed E-state index contributed by atoms with van der Waals surface area (Å²) >= 11 is 1.09. The SMILES string of the molecule is N#CCSc1nc2cc(F)ccc2c2nc(=O)c(-c3ccc(F)cc3)nn12. The highest BCUT2D eigenvalue weighted by atomic mass is 32.2. The fraction of sp³-hybridized carbons (Fsp3) is 0.0556. The second kappa shape index (κ2) is 6.74. The molecule has 27 heavy (non-hydrogen) atoms. The molecule has 0 radical (unpaired) electrons. The topological polar surface area (TPSA) is 83.9 Å². The molecule has 4 aromatic rings. The first-order valence-corrected chi connectivity index (χ1v) is 8.71. The third-order valence-corrected chi connectivity index (χ3v) is 4.59. The second-order valence-corrected chi connectivity index (χ2v) is 6.45. The average molecular weight is 381 g/mol. The number of benzene rings is 2. The predicted molar refractivity (Wildman–Crippen MR) is 96.2 cm³/mol. The lowest BCUT2D eigenvalue weighted by Gasteiger charge is -2.10. The number of aromatic nitrogens is 4. The Morgan fingerprint density at radius 3 is 2.56 bits per heavy atom. The van der Waals surface area contributed by atoms with Crippen molar-refractivity contribution in [1.82, 2.24) is 19.6 Å². The maximum atomic E-state index is 13.6. The van der Waals surface area contributed by atoms with Crippen molar-refractivity contribution in [1.29, 1.82) is 5.26 Å². The zero-order valence-electron chi connectivity index (χ0n) is 13.6. The number of nitriles is 1. The van der Waals surface area contributed by atoms with E-state index in [2.05, 4.69) is 15.1 Å². The van der Waals surface area contributed by atoms with Crippen molar-refractivity contribution in [3.8, 4) is 17.3 Å². The largest absolute Gasteiger partial charge is 0.300 e. The van der Waals surface area contributed by atoms with Gasteiger partial charge < -0.3 is 0 Å². The Bertz CT molecular complexity index is 1280. The fourth-order valence-corrected chi connectivity index (χ4v) is 3.22. The molecule has 0 aliphatic heterocycles. The maximum absolute atomic E-state index is 13.6. The predicted octanol–water partition coefficient (Wildman–Crippen LogP) is 3.20. The standard InChI is InChI=1S/C18H9F2N5OS/c19-11-3-1-10(2-4-11)15-17(26)23-16-13-6-5-12(20)9-14(13)22-18(25(16)24-15)27-8-7-21/h1-6,9H,8H2. The van der Waals surface area contributed by atoms with E-state index < -0.39 is 17.2 Å². The van der Waals surface area contributed by atoms with E-state index >= 15 is 0 Å². The van der Waals surface area contributed by atoms with Crippen molar-refractivity contribution in [2.24, 2.45) is 0 Å². The lowest BCUT2D eigenvalue weighted by atomic mass is 10.1. The molecule has 9 heteroatoms. The van der Waals surface area contributed by atoms with Crippen molar-refractivity contribution < 1.29 is 8.78 Å². The van der Waals surface area contributed by atoms with Crippen LogP contribution in [0.2, 0.25) is 0 Å². The Morgan fingerprint density at radius 1 is 1.07 bits per heavy atom. The molecule has 0 saturated heterocycles. The van der Waals surface area contributed by atoms with Gasteiger partial charge in [0.2, 0.25) is 0 Å². The van der Waals surface area contributed by atoms with Crippen LogP contribution in [0.5, 0.6) is 0 Å². The summed E-state index contributed by atoms with van der Waals surface area (Å²) in [5.41, 5.74) is 0.331. The van der Waals surface area contributed by atoms with E-state index in [1.165, 1.54) is 47.0 Å². The van der Waals surface area contributed by atoms with Gasteiger partial charge in [0.05, 0.1) is 17.3 Å². The van der Waals surface area contributed by atoms with Crippen LogP contribution >= 0.6 is 11.8 Å². The number of hydrogen-bond donors (Lipinski definition) is 0. The van der Waals surface area contributed by atoms with Crippen molar-refractivity contribution in [2.45, 2.75) is 5.16 Å². The number of halogens is 2. The average Bonchev–Trinajstić information content (AvgIpc) is 2.66. The van der Waals surface area contributed by atoms with E-state index in [4.69, 9.17) is 5.26 Å². The molecular formula is C18H9F2N5OS. The quantitative estimate of drug-likeness (QED) is 0.308. The molecule has 0 amide bonds. The molecule has 0 aliphatic rings. The summed E-state index contributed by atoms with van der Waals surface area (Å²) in [6.45, 7) is 0. The molecular weight excluding hydrogens is 372 g/mol. The Labute approximate surface area is 155 Å². The van der Waals surface area contributed by atoms with Crippen molar-refractivity contribution in [2.75, 3.05) is 5.75 Å². The normalized spacial score (nSPS) is 11.0. The first-order chi connectivity index (χ1) is 13.1. The Balaban J connectivity index is 2.05. The van der Waals surface area contributed by atoms with E-state index in [0.717, 1.165) is 11.8 Å². The molecule has 0 fully saturated rings. The van der Waals surface area contributed by atoms with Crippen molar-refractivity contribution in [3.63, 3.8) is 0 Å². The molecule has 0 aliphatic carbocycles. The van der Waals surface area contributed by atoms with Gasteiger partial charge in [0.15, 0.2) is 16.5 Å². The molecule has 2 aromatic carbocycles. The molecule has 0 atom stereocenters. The van der Waals surface area contributed by atoms with Gasteiger partial charge in [-0.1, -0.05) is 11.8 Å². The molecule has 4 rings (SSSR count). The minimum atomic E-state index is -0.602. The smallest absolute Gasteiger partial charge is 0.265 e. The van der Waals surface area contributed by atoms with Crippen molar-refractivity contribution >= 4 is 28.3 Å².